The number of aromatic nitrogens is 2. The van der Waals surface area contributed by atoms with Crippen molar-refractivity contribution in [1.29, 1.82) is 0 Å². The zero-order valence-corrected chi connectivity index (χ0v) is 13.1. The van der Waals surface area contributed by atoms with Crippen molar-refractivity contribution in [3.05, 3.63) is 45.8 Å². The van der Waals surface area contributed by atoms with E-state index in [0.29, 0.717) is 10.0 Å². The zero-order valence-electron chi connectivity index (χ0n) is 11.6. The molecule has 0 aliphatic heterocycles. The van der Waals surface area contributed by atoms with Crippen LogP contribution in [0.15, 0.2) is 24.5 Å². The van der Waals surface area contributed by atoms with Gasteiger partial charge in [-0.25, -0.2) is 9.78 Å². The molecule has 1 unspecified atom stereocenters. The second-order valence-corrected chi connectivity index (χ2v) is 5.29. The minimum Gasteiger partial charge on any atom is -0.461 e. The summed E-state index contributed by atoms with van der Waals surface area (Å²) in [6.45, 7) is 3.90. The van der Waals surface area contributed by atoms with Crippen LogP contribution in [0.3, 0.4) is 0 Å². The van der Waals surface area contributed by atoms with Gasteiger partial charge in [0.2, 0.25) is 0 Å². The second-order valence-electron chi connectivity index (χ2n) is 4.45. The van der Waals surface area contributed by atoms with Gasteiger partial charge in [-0.2, -0.15) is 0 Å². The van der Waals surface area contributed by atoms with Gasteiger partial charge in [0.05, 0.1) is 19.0 Å². The van der Waals surface area contributed by atoms with Gasteiger partial charge >= 0.3 is 5.97 Å². The molecule has 1 heterocycles. The number of anilines is 1. The van der Waals surface area contributed by atoms with E-state index in [4.69, 9.17) is 33.7 Å². The van der Waals surface area contributed by atoms with Crippen molar-refractivity contribution in [2.45, 2.75) is 19.9 Å². The molecular formula is C14H15Cl2N3O2. The molecule has 2 aromatic rings. The maximum absolute atomic E-state index is 11.7. The number of esters is 1. The Morgan fingerprint density at radius 2 is 2.19 bits per heavy atom. The summed E-state index contributed by atoms with van der Waals surface area (Å²) in [4.78, 5) is 15.8. The van der Waals surface area contributed by atoms with Crippen molar-refractivity contribution in [2.24, 2.45) is 0 Å². The number of halogens is 2. The number of nitrogen functional groups attached to an aromatic ring is 1. The van der Waals surface area contributed by atoms with Crippen LogP contribution < -0.4 is 5.73 Å². The molecule has 0 amide bonds. The Morgan fingerprint density at radius 3 is 2.81 bits per heavy atom. The predicted octanol–water partition coefficient (Wildman–Crippen LogP) is 3.56. The average Bonchev–Trinajstić information content (AvgIpc) is 2.80. The summed E-state index contributed by atoms with van der Waals surface area (Å²) < 4.78 is 6.58. The van der Waals surface area contributed by atoms with E-state index >= 15 is 0 Å². The van der Waals surface area contributed by atoms with Crippen LogP contribution >= 0.6 is 23.2 Å². The number of imidazole rings is 1. The minimum absolute atomic E-state index is 0.105. The lowest BCUT2D eigenvalue weighted by Gasteiger charge is -2.17. The molecule has 0 saturated heterocycles. The molecule has 5 nitrogen and oxygen atoms in total. The van der Waals surface area contributed by atoms with Crippen LogP contribution in [0, 0.1) is 0 Å². The monoisotopic (exact) mass is 327 g/mol. The summed E-state index contributed by atoms with van der Waals surface area (Å²) in [6.07, 6.45) is 1.50. The third-order valence-electron chi connectivity index (χ3n) is 3.13. The van der Waals surface area contributed by atoms with E-state index in [1.807, 2.05) is 13.0 Å². The molecule has 2 rings (SSSR count). The van der Waals surface area contributed by atoms with E-state index in [9.17, 15) is 4.79 Å². The van der Waals surface area contributed by atoms with E-state index in [-0.39, 0.29) is 24.2 Å². The van der Waals surface area contributed by atoms with E-state index in [0.717, 1.165) is 5.56 Å². The number of carbonyl (C=O) groups is 1. The highest BCUT2D eigenvalue weighted by Gasteiger charge is 2.21. The molecule has 0 radical (unpaired) electrons. The predicted molar refractivity (Wildman–Crippen MR) is 82.9 cm³/mol. The number of ether oxygens (including phenoxy) is 1. The van der Waals surface area contributed by atoms with Crippen molar-refractivity contribution < 1.29 is 9.53 Å². The molecule has 1 atom stereocenters. The van der Waals surface area contributed by atoms with Gasteiger partial charge in [0, 0.05) is 10.0 Å². The third-order valence-corrected chi connectivity index (χ3v) is 3.69. The molecule has 1 aromatic heterocycles. The molecule has 0 aliphatic carbocycles. The zero-order chi connectivity index (χ0) is 15.6. The van der Waals surface area contributed by atoms with Crippen molar-refractivity contribution in [3.63, 3.8) is 0 Å². The molecule has 112 valence electrons. The quantitative estimate of drug-likeness (QED) is 0.871. The highest BCUT2D eigenvalue weighted by atomic mass is 35.5. The van der Waals surface area contributed by atoms with Gasteiger partial charge in [0.25, 0.3) is 0 Å². The Bertz CT molecular complexity index is 670. The van der Waals surface area contributed by atoms with Crippen LogP contribution in [-0.4, -0.2) is 22.1 Å². The Hall–Kier alpha value is -1.72. The van der Waals surface area contributed by atoms with E-state index in [1.54, 1.807) is 23.6 Å². The molecular weight excluding hydrogens is 313 g/mol. The van der Waals surface area contributed by atoms with Crippen molar-refractivity contribution in [3.8, 4) is 0 Å². The van der Waals surface area contributed by atoms with E-state index < -0.39 is 5.97 Å². The van der Waals surface area contributed by atoms with Crippen LogP contribution in [0.1, 0.15) is 35.9 Å². The van der Waals surface area contributed by atoms with Gasteiger partial charge in [-0.05, 0) is 31.5 Å². The lowest BCUT2D eigenvalue weighted by atomic mass is 10.1. The van der Waals surface area contributed by atoms with Crippen LogP contribution in [0.2, 0.25) is 10.0 Å². The van der Waals surface area contributed by atoms with Gasteiger partial charge in [0.1, 0.15) is 5.82 Å². The maximum atomic E-state index is 11.7. The molecule has 2 N–H and O–H groups in total. The number of hydrogen-bond donors (Lipinski definition) is 1. The summed E-state index contributed by atoms with van der Waals surface area (Å²) in [5.74, 6) is -0.296. The summed E-state index contributed by atoms with van der Waals surface area (Å²) in [5.41, 5.74) is 6.92. The number of nitrogens with two attached hydrogens (primary N) is 1. The van der Waals surface area contributed by atoms with Crippen LogP contribution in [0.5, 0.6) is 0 Å². The number of benzene rings is 1. The normalized spacial score (nSPS) is 12.2. The van der Waals surface area contributed by atoms with Crippen LogP contribution in [0.4, 0.5) is 5.82 Å². The van der Waals surface area contributed by atoms with Gasteiger partial charge < -0.3 is 15.0 Å². The molecule has 0 bridgehead atoms. The molecule has 1 aromatic carbocycles. The van der Waals surface area contributed by atoms with Crippen molar-refractivity contribution >= 4 is 35.0 Å². The number of nitrogens with zero attached hydrogens (tertiary/aromatic N) is 2. The number of carbonyl (C=O) groups excluding carboxylic acids is 1. The highest BCUT2D eigenvalue weighted by Crippen LogP contribution is 2.30. The van der Waals surface area contributed by atoms with Gasteiger partial charge in [-0.15, -0.1) is 0 Å². The van der Waals surface area contributed by atoms with E-state index in [1.165, 1.54) is 6.33 Å². The Labute approximate surface area is 132 Å². The van der Waals surface area contributed by atoms with Gasteiger partial charge in [-0.3, -0.25) is 0 Å². The Kier molecular flexibility index (Phi) is 4.75. The van der Waals surface area contributed by atoms with Crippen LogP contribution in [-0.2, 0) is 4.74 Å². The summed E-state index contributed by atoms with van der Waals surface area (Å²) in [6, 6.07) is 5.04. The van der Waals surface area contributed by atoms with Gasteiger partial charge in [0.15, 0.2) is 5.69 Å². The first-order chi connectivity index (χ1) is 9.95. The van der Waals surface area contributed by atoms with Crippen molar-refractivity contribution in [1.82, 2.24) is 9.55 Å². The summed E-state index contributed by atoms with van der Waals surface area (Å²) >= 11 is 12.1. The SMILES string of the molecule is CCOC(=O)c1ncn(C(C)c2ccc(Cl)cc2Cl)c1N. The first-order valence-corrected chi connectivity index (χ1v) is 7.15. The summed E-state index contributed by atoms with van der Waals surface area (Å²) in [7, 11) is 0. The molecule has 0 spiro atoms. The molecule has 21 heavy (non-hydrogen) atoms. The standard InChI is InChI=1S/C14H15Cl2N3O2/c1-3-21-14(20)12-13(17)19(7-18-12)8(2)10-5-4-9(15)6-11(10)16/h4-8H,3,17H2,1-2H3. The first-order valence-electron chi connectivity index (χ1n) is 6.40. The Morgan fingerprint density at radius 1 is 1.48 bits per heavy atom. The molecule has 0 fully saturated rings. The highest BCUT2D eigenvalue weighted by molar-refractivity contribution is 6.35. The fourth-order valence-electron chi connectivity index (χ4n) is 2.03. The van der Waals surface area contributed by atoms with E-state index in [2.05, 4.69) is 4.98 Å². The molecule has 0 saturated carbocycles. The topological polar surface area (TPSA) is 70.1 Å². The maximum Gasteiger partial charge on any atom is 0.360 e. The number of hydrogen-bond acceptors (Lipinski definition) is 4. The lowest BCUT2D eigenvalue weighted by molar-refractivity contribution is 0.0521. The first kappa shape index (κ1) is 15.7. The average molecular weight is 328 g/mol. The van der Waals surface area contributed by atoms with Gasteiger partial charge in [-0.1, -0.05) is 29.3 Å². The minimum atomic E-state index is -0.539. The smallest absolute Gasteiger partial charge is 0.360 e. The number of rotatable bonds is 4. The second kappa shape index (κ2) is 6.37. The molecule has 0 aliphatic rings. The summed E-state index contributed by atoms with van der Waals surface area (Å²) in [5, 5.41) is 1.09. The third kappa shape index (κ3) is 3.14. The fourth-order valence-corrected chi connectivity index (χ4v) is 2.59. The van der Waals surface area contributed by atoms with Crippen molar-refractivity contribution in [2.75, 3.05) is 12.3 Å². The largest absolute Gasteiger partial charge is 0.461 e. The lowest BCUT2D eigenvalue weighted by Crippen LogP contribution is -2.13. The fraction of sp³-hybridized carbons (Fsp3) is 0.286. The van der Waals surface area contributed by atoms with Crippen LogP contribution in [0.25, 0.3) is 0 Å². The molecule has 7 heteroatoms. The Balaban J connectivity index is 2.36.